The molecule has 0 saturated heterocycles. The fourth-order valence-corrected chi connectivity index (χ4v) is 3.22. The number of hydrogen-bond donors (Lipinski definition) is 2. The SMILES string of the molecule is COc1ccc(CN2CCc3nc(N)[nH]c(=O)c3C2)c(Cl)c1OC. The number of anilines is 1. The molecule has 7 nitrogen and oxygen atoms in total. The van der Waals surface area contributed by atoms with Crippen LogP contribution in [0.3, 0.4) is 0 Å². The number of benzene rings is 1. The summed E-state index contributed by atoms with van der Waals surface area (Å²) in [5.41, 5.74) is 7.76. The fourth-order valence-electron chi connectivity index (χ4n) is 2.93. The minimum atomic E-state index is -0.180. The van der Waals surface area contributed by atoms with Gasteiger partial charge < -0.3 is 15.2 Å². The molecular weight excluding hydrogens is 332 g/mol. The van der Waals surface area contributed by atoms with E-state index in [1.165, 1.54) is 0 Å². The quantitative estimate of drug-likeness (QED) is 0.869. The van der Waals surface area contributed by atoms with E-state index in [2.05, 4.69) is 14.9 Å². The Hall–Kier alpha value is -2.25. The van der Waals surface area contributed by atoms with Crippen LogP contribution in [0.15, 0.2) is 16.9 Å². The summed E-state index contributed by atoms with van der Waals surface area (Å²) in [6.45, 7) is 1.87. The number of fused-ring (bicyclic) bond motifs is 1. The average molecular weight is 351 g/mol. The first-order valence-electron chi connectivity index (χ1n) is 7.52. The van der Waals surface area contributed by atoms with Crippen molar-refractivity contribution in [2.75, 3.05) is 26.5 Å². The third-order valence-electron chi connectivity index (χ3n) is 4.12. The Morgan fingerprint density at radius 2 is 2.17 bits per heavy atom. The van der Waals surface area contributed by atoms with Crippen molar-refractivity contribution in [3.05, 3.63) is 44.3 Å². The molecule has 0 spiro atoms. The molecule has 1 aromatic heterocycles. The van der Waals surface area contributed by atoms with Crippen LogP contribution >= 0.6 is 11.6 Å². The molecule has 24 heavy (non-hydrogen) atoms. The van der Waals surface area contributed by atoms with Crippen LogP contribution in [0.4, 0.5) is 5.95 Å². The molecule has 0 atom stereocenters. The summed E-state index contributed by atoms with van der Waals surface area (Å²) in [6.07, 6.45) is 0.675. The second-order valence-electron chi connectivity index (χ2n) is 5.61. The number of hydrogen-bond acceptors (Lipinski definition) is 6. The number of H-pyrrole nitrogens is 1. The van der Waals surface area contributed by atoms with Crippen molar-refractivity contribution in [2.24, 2.45) is 0 Å². The first-order chi connectivity index (χ1) is 11.5. The highest BCUT2D eigenvalue weighted by Gasteiger charge is 2.22. The number of nitrogen functional groups attached to an aromatic ring is 1. The second-order valence-corrected chi connectivity index (χ2v) is 5.99. The highest BCUT2D eigenvalue weighted by atomic mass is 35.5. The number of ether oxygens (including phenoxy) is 2. The Morgan fingerprint density at radius 3 is 2.88 bits per heavy atom. The van der Waals surface area contributed by atoms with Crippen molar-refractivity contribution in [1.82, 2.24) is 14.9 Å². The molecule has 0 unspecified atom stereocenters. The summed E-state index contributed by atoms with van der Waals surface area (Å²) in [5, 5.41) is 0.520. The van der Waals surface area contributed by atoms with Crippen LogP contribution in [-0.2, 0) is 19.5 Å². The lowest BCUT2D eigenvalue weighted by Gasteiger charge is -2.28. The van der Waals surface area contributed by atoms with Crippen molar-refractivity contribution in [1.29, 1.82) is 0 Å². The molecule has 2 aromatic rings. The van der Waals surface area contributed by atoms with Gasteiger partial charge in [0.2, 0.25) is 5.95 Å². The van der Waals surface area contributed by atoms with Crippen LogP contribution in [-0.4, -0.2) is 35.6 Å². The molecule has 0 radical (unpaired) electrons. The number of methoxy groups -OCH3 is 2. The van der Waals surface area contributed by atoms with E-state index >= 15 is 0 Å². The molecule has 128 valence electrons. The minimum Gasteiger partial charge on any atom is -0.493 e. The molecule has 3 N–H and O–H groups in total. The number of aromatic amines is 1. The molecule has 8 heteroatoms. The number of nitrogens with zero attached hydrogens (tertiary/aromatic N) is 2. The first kappa shape index (κ1) is 16.6. The van der Waals surface area contributed by atoms with Gasteiger partial charge in [0.15, 0.2) is 11.5 Å². The van der Waals surface area contributed by atoms with Gasteiger partial charge in [0.1, 0.15) is 0 Å². The maximum atomic E-state index is 12.1. The number of halogens is 1. The average Bonchev–Trinajstić information content (AvgIpc) is 2.56. The van der Waals surface area contributed by atoms with E-state index in [0.717, 1.165) is 17.8 Å². The molecule has 1 aliphatic rings. The number of rotatable bonds is 4. The Labute approximate surface area is 144 Å². The predicted molar refractivity (Wildman–Crippen MR) is 91.6 cm³/mol. The van der Waals surface area contributed by atoms with Gasteiger partial charge in [-0.2, -0.15) is 0 Å². The zero-order valence-electron chi connectivity index (χ0n) is 13.6. The number of nitrogens with one attached hydrogen (secondary N) is 1. The van der Waals surface area contributed by atoms with Crippen LogP contribution in [0.25, 0.3) is 0 Å². The smallest absolute Gasteiger partial charge is 0.257 e. The molecule has 0 fully saturated rings. The zero-order chi connectivity index (χ0) is 17.3. The van der Waals surface area contributed by atoms with Crippen LogP contribution in [0.5, 0.6) is 11.5 Å². The highest BCUT2D eigenvalue weighted by molar-refractivity contribution is 6.33. The molecule has 0 saturated carbocycles. The molecule has 0 amide bonds. The first-order valence-corrected chi connectivity index (χ1v) is 7.90. The third kappa shape index (κ3) is 3.05. The summed E-state index contributed by atoms with van der Waals surface area (Å²) >= 11 is 6.44. The van der Waals surface area contributed by atoms with E-state index in [0.29, 0.717) is 41.6 Å². The topological polar surface area (TPSA) is 93.5 Å². The van der Waals surface area contributed by atoms with Crippen molar-refractivity contribution >= 4 is 17.5 Å². The monoisotopic (exact) mass is 350 g/mol. The normalized spacial score (nSPS) is 14.3. The van der Waals surface area contributed by atoms with E-state index in [9.17, 15) is 4.79 Å². The number of nitrogens with two attached hydrogens (primary N) is 1. The molecule has 1 aromatic carbocycles. The third-order valence-corrected chi connectivity index (χ3v) is 4.54. The summed E-state index contributed by atoms with van der Waals surface area (Å²) in [6, 6.07) is 3.73. The van der Waals surface area contributed by atoms with Crippen LogP contribution in [0.1, 0.15) is 16.8 Å². The van der Waals surface area contributed by atoms with Gasteiger partial charge >= 0.3 is 0 Å². The maximum Gasteiger partial charge on any atom is 0.257 e. The van der Waals surface area contributed by atoms with E-state index < -0.39 is 0 Å². The Bertz CT molecular complexity index is 822. The van der Waals surface area contributed by atoms with E-state index in [-0.39, 0.29) is 11.5 Å². The van der Waals surface area contributed by atoms with Gasteiger partial charge in [0.05, 0.1) is 30.5 Å². The van der Waals surface area contributed by atoms with Gasteiger partial charge in [-0.05, 0) is 11.6 Å². The van der Waals surface area contributed by atoms with Gasteiger partial charge in [-0.25, -0.2) is 4.98 Å². The van der Waals surface area contributed by atoms with Gasteiger partial charge in [-0.1, -0.05) is 17.7 Å². The van der Waals surface area contributed by atoms with Crippen molar-refractivity contribution in [3.8, 4) is 11.5 Å². The lowest BCUT2D eigenvalue weighted by molar-refractivity contribution is 0.241. The van der Waals surface area contributed by atoms with E-state index in [1.807, 2.05) is 12.1 Å². The summed E-state index contributed by atoms with van der Waals surface area (Å²) in [5.74, 6) is 1.27. The molecule has 0 bridgehead atoms. The molecule has 1 aliphatic heterocycles. The minimum absolute atomic E-state index is 0.162. The molecule has 0 aliphatic carbocycles. The van der Waals surface area contributed by atoms with Crippen LogP contribution in [0, 0.1) is 0 Å². The van der Waals surface area contributed by atoms with Crippen LogP contribution in [0.2, 0.25) is 5.02 Å². The highest BCUT2D eigenvalue weighted by Crippen LogP contribution is 2.38. The standard InChI is InChI=1S/C16H19ClN4O3/c1-23-12-4-3-9(13(17)14(12)24-2)7-21-6-5-11-10(8-21)15(22)20-16(18)19-11/h3-4H,5-8H2,1-2H3,(H3,18,19,20,22). The summed E-state index contributed by atoms with van der Waals surface area (Å²) in [4.78, 5) is 21.0. The largest absolute Gasteiger partial charge is 0.493 e. The fraction of sp³-hybridized carbons (Fsp3) is 0.375. The van der Waals surface area contributed by atoms with Crippen molar-refractivity contribution in [2.45, 2.75) is 19.5 Å². The Balaban J connectivity index is 1.84. The lowest BCUT2D eigenvalue weighted by Crippen LogP contribution is -2.35. The second kappa shape index (κ2) is 6.70. The predicted octanol–water partition coefficient (Wildman–Crippen LogP) is 1.58. The molecule has 3 rings (SSSR count). The van der Waals surface area contributed by atoms with E-state index in [4.69, 9.17) is 26.8 Å². The maximum absolute atomic E-state index is 12.1. The van der Waals surface area contributed by atoms with Crippen molar-refractivity contribution in [3.63, 3.8) is 0 Å². The lowest BCUT2D eigenvalue weighted by atomic mass is 10.1. The van der Waals surface area contributed by atoms with Gasteiger partial charge in [0.25, 0.3) is 5.56 Å². The zero-order valence-corrected chi connectivity index (χ0v) is 14.3. The van der Waals surface area contributed by atoms with Gasteiger partial charge in [-0.3, -0.25) is 14.7 Å². The Morgan fingerprint density at radius 1 is 1.38 bits per heavy atom. The Kier molecular flexibility index (Phi) is 4.64. The van der Waals surface area contributed by atoms with Crippen molar-refractivity contribution < 1.29 is 9.47 Å². The molecular formula is C16H19ClN4O3. The summed E-state index contributed by atoms with van der Waals surface area (Å²) < 4.78 is 10.6. The summed E-state index contributed by atoms with van der Waals surface area (Å²) in [7, 11) is 3.13. The molecule has 2 heterocycles. The number of aromatic nitrogens is 2. The van der Waals surface area contributed by atoms with Gasteiger partial charge in [-0.15, -0.1) is 0 Å². The van der Waals surface area contributed by atoms with Crippen LogP contribution < -0.4 is 20.8 Å². The van der Waals surface area contributed by atoms with E-state index in [1.54, 1.807) is 14.2 Å². The van der Waals surface area contributed by atoms with Gasteiger partial charge in [0, 0.05) is 26.1 Å².